The van der Waals surface area contributed by atoms with Crippen molar-refractivity contribution in [1.29, 1.82) is 0 Å². The molecule has 0 saturated carbocycles. The molecule has 1 aliphatic rings. The number of rotatable bonds is 6. The molecule has 4 rings (SSSR count). The maximum absolute atomic E-state index is 5.24. The van der Waals surface area contributed by atoms with Gasteiger partial charge in [-0.1, -0.05) is 17.7 Å². The van der Waals surface area contributed by atoms with Crippen LogP contribution in [0.15, 0.2) is 12.1 Å². The lowest BCUT2D eigenvalue weighted by molar-refractivity contribution is 0.183. The van der Waals surface area contributed by atoms with E-state index in [1.54, 1.807) is 7.11 Å². The molecule has 0 unspecified atom stereocenters. The second kappa shape index (κ2) is 9.22. The monoisotopic (exact) mass is 434 g/mol. The molecule has 0 radical (unpaired) electrons. The average molecular weight is 435 g/mol. The number of methoxy groups -OCH3 is 1. The van der Waals surface area contributed by atoms with Crippen LogP contribution in [0.1, 0.15) is 59.5 Å². The number of anilines is 1. The molecule has 2 aromatic heterocycles. The molecule has 5 nitrogen and oxygen atoms in total. The number of ether oxygens (including phenoxy) is 1. The first-order chi connectivity index (χ1) is 15.3. The first kappa shape index (κ1) is 22.8. The lowest BCUT2D eigenvalue weighted by atomic mass is 9.92. The van der Waals surface area contributed by atoms with Crippen LogP contribution in [0.4, 0.5) is 5.82 Å². The van der Waals surface area contributed by atoms with Crippen LogP contribution in [0.3, 0.4) is 0 Å². The minimum atomic E-state index is 0.796. The molecule has 3 heterocycles. The number of aryl methyl sites for hydroxylation is 5. The molecule has 32 heavy (non-hydrogen) atoms. The summed E-state index contributed by atoms with van der Waals surface area (Å²) in [6, 6.07) is 4.54. The molecular weight excluding hydrogens is 396 g/mol. The smallest absolute Gasteiger partial charge is 0.150 e. The van der Waals surface area contributed by atoms with Gasteiger partial charge in [-0.3, -0.25) is 4.57 Å². The standard InChI is InChI=1S/C27H38N4O/c1-17-15-18(2)25(19(3)16-17)31-21(5)20(4)24-26(28-22(6)29-27(24)31)30-12-10-23(11-13-30)9-8-14-32-7/h15-16,23H,8-14H2,1-7H3. The van der Waals surface area contributed by atoms with Gasteiger partial charge in [0.1, 0.15) is 11.6 Å². The average Bonchev–Trinajstić information content (AvgIpc) is 2.98. The number of hydrogen-bond donors (Lipinski definition) is 0. The van der Waals surface area contributed by atoms with Crippen molar-refractivity contribution in [2.45, 2.75) is 67.2 Å². The molecule has 3 aromatic rings. The van der Waals surface area contributed by atoms with Crippen molar-refractivity contribution in [3.05, 3.63) is 45.9 Å². The number of piperidine rings is 1. The highest BCUT2D eigenvalue weighted by atomic mass is 16.5. The Morgan fingerprint density at radius 3 is 2.25 bits per heavy atom. The van der Waals surface area contributed by atoms with E-state index in [-0.39, 0.29) is 0 Å². The van der Waals surface area contributed by atoms with E-state index in [0.717, 1.165) is 49.3 Å². The minimum Gasteiger partial charge on any atom is -0.385 e. The van der Waals surface area contributed by atoms with Gasteiger partial charge in [0.15, 0.2) is 5.65 Å². The fourth-order valence-electron chi connectivity index (χ4n) is 5.53. The Morgan fingerprint density at radius 2 is 1.62 bits per heavy atom. The number of fused-ring (bicyclic) bond motifs is 1. The molecule has 0 spiro atoms. The number of benzene rings is 1. The van der Waals surface area contributed by atoms with Gasteiger partial charge >= 0.3 is 0 Å². The van der Waals surface area contributed by atoms with Crippen molar-refractivity contribution >= 4 is 16.9 Å². The van der Waals surface area contributed by atoms with E-state index in [9.17, 15) is 0 Å². The second-order valence-electron chi connectivity index (χ2n) is 9.65. The van der Waals surface area contributed by atoms with Gasteiger partial charge in [-0.15, -0.1) is 0 Å². The molecule has 1 saturated heterocycles. The van der Waals surface area contributed by atoms with Crippen LogP contribution in [-0.4, -0.2) is 41.3 Å². The van der Waals surface area contributed by atoms with Crippen LogP contribution in [-0.2, 0) is 4.74 Å². The Kier molecular flexibility index (Phi) is 6.57. The summed E-state index contributed by atoms with van der Waals surface area (Å²) in [5, 5.41) is 1.21. The number of hydrogen-bond acceptors (Lipinski definition) is 4. The van der Waals surface area contributed by atoms with Crippen molar-refractivity contribution < 1.29 is 4.74 Å². The first-order valence-corrected chi connectivity index (χ1v) is 12.0. The van der Waals surface area contributed by atoms with Gasteiger partial charge in [0.05, 0.1) is 11.1 Å². The summed E-state index contributed by atoms with van der Waals surface area (Å²) in [4.78, 5) is 12.4. The largest absolute Gasteiger partial charge is 0.385 e. The van der Waals surface area contributed by atoms with Gasteiger partial charge in [-0.25, -0.2) is 9.97 Å². The third-order valence-corrected chi connectivity index (χ3v) is 7.18. The third kappa shape index (κ3) is 4.15. The molecule has 1 aromatic carbocycles. The summed E-state index contributed by atoms with van der Waals surface area (Å²) in [7, 11) is 1.79. The summed E-state index contributed by atoms with van der Waals surface area (Å²) < 4.78 is 7.61. The van der Waals surface area contributed by atoms with Crippen LogP contribution < -0.4 is 4.90 Å². The molecule has 0 amide bonds. The number of nitrogens with zero attached hydrogens (tertiary/aromatic N) is 4. The van der Waals surface area contributed by atoms with E-state index >= 15 is 0 Å². The third-order valence-electron chi connectivity index (χ3n) is 7.18. The van der Waals surface area contributed by atoms with Gasteiger partial charge in [-0.05, 0) is 89.8 Å². The van der Waals surface area contributed by atoms with Crippen LogP contribution >= 0.6 is 0 Å². The lowest BCUT2D eigenvalue weighted by Gasteiger charge is -2.33. The Hall–Kier alpha value is -2.40. The Balaban J connectivity index is 1.75. The zero-order valence-corrected chi connectivity index (χ0v) is 20.9. The molecule has 172 valence electrons. The van der Waals surface area contributed by atoms with E-state index in [0.29, 0.717) is 0 Å². The van der Waals surface area contributed by atoms with Crippen molar-refractivity contribution in [2.24, 2.45) is 5.92 Å². The Bertz CT molecular complexity index is 1100. The van der Waals surface area contributed by atoms with E-state index in [2.05, 4.69) is 56.2 Å². The summed E-state index contributed by atoms with van der Waals surface area (Å²) in [5.74, 6) is 2.76. The SMILES string of the molecule is COCCCC1CCN(c2nc(C)nc3c2c(C)c(C)n3-c2c(C)cc(C)cc2C)CC1. The van der Waals surface area contributed by atoms with Crippen molar-refractivity contribution in [2.75, 3.05) is 31.7 Å². The fraction of sp³-hybridized carbons (Fsp3) is 0.556. The van der Waals surface area contributed by atoms with Gasteiger partial charge < -0.3 is 9.64 Å². The molecule has 1 fully saturated rings. The highest BCUT2D eigenvalue weighted by molar-refractivity contribution is 5.94. The molecular formula is C27H38N4O. The molecule has 0 N–H and O–H groups in total. The quantitative estimate of drug-likeness (QED) is 0.452. The highest BCUT2D eigenvalue weighted by Gasteiger charge is 2.26. The van der Waals surface area contributed by atoms with Crippen LogP contribution in [0.25, 0.3) is 16.7 Å². The number of aromatic nitrogens is 3. The van der Waals surface area contributed by atoms with Crippen LogP contribution in [0.2, 0.25) is 0 Å². The zero-order chi connectivity index (χ0) is 23.0. The van der Waals surface area contributed by atoms with Gasteiger partial charge in [0.25, 0.3) is 0 Å². The molecule has 0 atom stereocenters. The van der Waals surface area contributed by atoms with Gasteiger partial charge in [-0.2, -0.15) is 0 Å². The Labute approximate surface area is 192 Å². The zero-order valence-electron chi connectivity index (χ0n) is 20.9. The normalized spacial score (nSPS) is 15.2. The van der Waals surface area contributed by atoms with E-state index in [4.69, 9.17) is 14.7 Å². The van der Waals surface area contributed by atoms with Gasteiger partial charge in [0.2, 0.25) is 0 Å². The maximum Gasteiger partial charge on any atom is 0.150 e. The summed E-state index contributed by atoms with van der Waals surface area (Å²) >= 11 is 0. The highest BCUT2D eigenvalue weighted by Crippen LogP contribution is 2.37. The molecule has 0 bridgehead atoms. The second-order valence-corrected chi connectivity index (χ2v) is 9.65. The minimum absolute atomic E-state index is 0.796. The predicted molar refractivity (Wildman–Crippen MR) is 133 cm³/mol. The topological polar surface area (TPSA) is 43.2 Å². The molecule has 0 aliphatic carbocycles. The molecule has 1 aliphatic heterocycles. The summed E-state index contributed by atoms with van der Waals surface area (Å²) in [5.41, 5.74) is 8.72. The fourth-order valence-corrected chi connectivity index (χ4v) is 5.53. The van der Waals surface area contributed by atoms with Crippen LogP contribution in [0, 0.1) is 47.5 Å². The Morgan fingerprint density at radius 1 is 0.969 bits per heavy atom. The molecule has 5 heteroatoms. The van der Waals surface area contributed by atoms with E-state index in [1.165, 1.54) is 58.3 Å². The lowest BCUT2D eigenvalue weighted by Crippen LogP contribution is -2.34. The predicted octanol–water partition coefficient (Wildman–Crippen LogP) is 5.91. The van der Waals surface area contributed by atoms with Gasteiger partial charge in [0, 0.05) is 32.5 Å². The van der Waals surface area contributed by atoms with Crippen molar-refractivity contribution in [3.8, 4) is 5.69 Å². The van der Waals surface area contributed by atoms with E-state index in [1.807, 2.05) is 6.92 Å². The first-order valence-electron chi connectivity index (χ1n) is 12.0. The van der Waals surface area contributed by atoms with Crippen molar-refractivity contribution in [3.63, 3.8) is 0 Å². The van der Waals surface area contributed by atoms with Crippen LogP contribution in [0.5, 0.6) is 0 Å². The summed E-state index contributed by atoms with van der Waals surface area (Å²) in [6.45, 7) is 16.1. The summed E-state index contributed by atoms with van der Waals surface area (Å²) in [6.07, 6.45) is 4.88. The van der Waals surface area contributed by atoms with E-state index < -0.39 is 0 Å². The van der Waals surface area contributed by atoms with Crippen molar-refractivity contribution in [1.82, 2.24) is 14.5 Å². The maximum atomic E-state index is 5.24.